The Bertz CT molecular complexity index is 875. The number of thiazole rings is 1. The van der Waals surface area contributed by atoms with Gasteiger partial charge in [-0.2, -0.15) is 11.3 Å². The molecule has 1 aromatic carbocycles. The van der Waals surface area contributed by atoms with Crippen LogP contribution in [-0.4, -0.2) is 29.9 Å². The van der Waals surface area contributed by atoms with E-state index in [2.05, 4.69) is 15.6 Å². The number of rotatable bonds is 7. The Hall–Kier alpha value is -2.45. The lowest BCUT2D eigenvalue weighted by atomic mass is 10.3. The summed E-state index contributed by atoms with van der Waals surface area (Å²) in [5.41, 5.74) is 1.43. The van der Waals surface area contributed by atoms with E-state index in [9.17, 15) is 9.59 Å². The molecule has 3 aromatic rings. The molecule has 0 saturated carbocycles. The molecule has 2 N–H and O–H groups in total. The van der Waals surface area contributed by atoms with E-state index in [0.29, 0.717) is 17.3 Å². The molecule has 0 bridgehead atoms. The number of hydrogen-bond donors (Lipinski definition) is 2. The van der Waals surface area contributed by atoms with Crippen molar-refractivity contribution in [1.29, 1.82) is 0 Å². The lowest BCUT2D eigenvalue weighted by Gasteiger charge is -2.03. The van der Waals surface area contributed by atoms with Gasteiger partial charge in [-0.05, 0) is 36.6 Å². The number of benzene rings is 1. The number of anilines is 1. The molecule has 0 atom stereocenters. The first kappa shape index (κ1) is 17.4. The Morgan fingerprint density at radius 1 is 1.28 bits per heavy atom. The Labute approximate surface area is 152 Å². The summed E-state index contributed by atoms with van der Waals surface area (Å²) < 4.78 is 6.41. The van der Waals surface area contributed by atoms with E-state index in [4.69, 9.17) is 4.74 Å². The van der Waals surface area contributed by atoms with Gasteiger partial charge in [0, 0.05) is 23.9 Å². The van der Waals surface area contributed by atoms with Gasteiger partial charge in [-0.25, -0.2) is 4.98 Å². The molecule has 6 nitrogen and oxygen atoms in total. The number of nitrogens with zero attached hydrogens (tertiary/aromatic N) is 1. The first-order valence-electron chi connectivity index (χ1n) is 7.79. The fourth-order valence-electron chi connectivity index (χ4n) is 2.18. The molecule has 8 heteroatoms. The van der Waals surface area contributed by atoms with Crippen molar-refractivity contribution in [2.24, 2.45) is 0 Å². The summed E-state index contributed by atoms with van der Waals surface area (Å²) in [7, 11) is 0. The molecule has 0 saturated heterocycles. The smallest absolute Gasteiger partial charge is 0.252 e. The molecule has 25 heavy (non-hydrogen) atoms. The van der Waals surface area contributed by atoms with Gasteiger partial charge in [-0.1, -0.05) is 11.3 Å². The Morgan fingerprint density at radius 3 is 2.92 bits per heavy atom. The van der Waals surface area contributed by atoms with Crippen LogP contribution in [0.5, 0.6) is 5.75 Å². The molecule has 0 aliphatic rings. The van der Waals surface area contributed by atoms with Crippen molar-refractivity contribution in [3.8, 4) is 5.75 Å². The summed E-state index contributed by atoms with van der Waals surface area (Å²) in [6.45, 7) is 2.81. The van der Waals surface area contributed by atoms with E-state index in [1.807, 2.05) is 30.5 Å². The fourth-order valence-corrected chi connectivity index (χ4v) is 3.73. The van der Waals surface area contributed by atoms with Gasteiger partial charge in [-0.3, -0.25) is 9.59 Å². The van der Waals surface area contributed by atoms with Gasteiger partial charge in [0.15, 0.2) is 5.13 Å². The normalized spacial score (nSPS) is 10.6. The fraction of sp³-hybridized carbons (Fsp3) is 0.235. The number of carbonyl (C=O) groups excluding carboxylic acids is 2. The van der Waals surface area contributed by atoms with Gasteiger partial charge < -0.3 is 15.4 Å². The maximum Gasteiger partial charge on any atom is 0.252 e. The average molecular weight is 375 g/mol. The van der Waals surface area contributed by atoms with Crippen LogP contribution in [0.3, 0.4) is 0 Å². The van der Waals surface area contributed by atoms with Crippen LogP contribution in [0.25, 0.3) is 10.2 Å². The van der Waals surface area contributed by atoms with Gasteiger partial charge >= 0.3 is 0 Å². The number of thiophene rings is 1. The van der Waals surface area contributed by atoms with Crippen LogP contribution in [0.4, 0.5) is 5.13 Å². The summed E-state index contributed by atoms with van der Waals surface area (Å²) in [6.07, 6.45) is 0.190. The van der Waals surface area contributed by atoms with Crippen LogP contribution in [0.1, 0.15) is 23.7 Å². The van der Waals surface area contributed by atoms with Gasteiger partial charge in [0.25, 0.3) is 5.91 Å². The zero-order valence-corrected chi connectivity index (χ0v) is 15.2. The summed E-state index contributed by atoms with van der Waals surface area (Å²) in [5, 5.41) is 9.64. The largest absolute Gasteiger partial charge is 0.494 e. The minimum absolute atomic E-state index is 0.169. The number of carbonyl (C=O) groups is 2. The van der Waals surface area contributed by atoms with E-state index in [1.165, 1.54) is 22.7 Å². The third-order valence-electron chi connectivity index (χ3n) is 3.34. The number of nitrogens with one attached hydrogen (secondary N) is 2. The van der Waals surface area contributed by atoms with E-state index in [1.54, 1.807) is 11.4 Å². The molecular weight excluding hydrogens is 358 g/mol. The van der Waals surface area contributed by atoms with Gasteiger partial charge in [0.05, 0.1) is 16.8 Å². The third-order valence-corrected chi connectivity index (χ3v) is 4.96. The van der Waals surface area contributed by atoms with Crippen molar-refractivity contribution in [3.05, 3.63) is 40.6 Å². The molecule has 2 aromatic heterocycles. The zero-order chi connectivity index (χ0) is 17.6. The molecule has 0 fully saturated rings. The number of ether oxygens (including phenoxy) is 1. The monoisotopic (exact) mass is 375 g/mol. The number of hydrogen-bond acceptors (Lipinski definition) is 6. The third kappa shape index (κ3) is 4.55. The van der Waals surface area contributed by atoms with Crippen molar-refractivity contribution in [2.75, 3.05) is 18.5 Å². The highest BCUT2D eigenvalue weighted by Crippen LogP contribution is 2.29. The topological polar surface area (TPSA) is 80.3 Å². The molecular formula is C17H17N3O3S2. The molecule has 0 radical (unpaired) electrons. The molecule has 0 aliphatic heterocycles. The van der Waals surface area contributed by atoms with Gasteiger partial charge in [0.2, 0.25) is 5.91 Å². The van der Waals surface area contributed by atoms with Crippen LogP contribution in [0.15, 0.2) is 35.0 Å². The predicted octanol–water partition coefficient (Wildman–Crippen LogP) is 3.52. The van der Waals surface area contributed by atoms with Crippen molar-refractivity contribution in [3.63, 3.8) is 0 Å². The predicted molar refractivity (Wildman–Crippen MR) is 101 cm³/mol. The lowest BCUT2D eigenvalue weighted by molar-refractivity contribution is -0.116. The van der Waals surface area contributed by atoms with Crippen LogP contribution >= 0.6 is 22.7 Å². The molecule has 0 spiro atoms. The first-order chi connectivity index (χ1) is 12.2. The standard InChI is InChI=1S/C17H17N3O3S2/c1-2-23-12-3-4-13-14(9-12)25-17(19-13)20-15(21)5-7-18-16(22)11-6-8-24-10-11/h3-4,6,8-10H,2,5,7H2,1H3,(H,18,22)(H,19,20,21). The quantitative estimate of drug-likeness (QED) is 0.662. The van der Waals surface area contributed by atoms with Crippen molar-refractivity contribution in [2.45, 2.75) is 13.3 Å². The van der Waals surface area contributed by atoms with E-state index in [0.717, 1.165) is 16.0 Å². The minimum atomic E-state index is -0.185. The highest BCUT2D eigenvalue weighted by Gasteiger charge is 2.10. The molecule has 2 amide bonds. The number of aromatic nitrogens is 1. The summed E-state index contributed by atoms with van der Waals surface area (Å²) in [6, 6.07) is 7.38. The van der Waals surface area contributed by atoms with Crippen molar-refractivity contribution in [1.82, 2.24) is 10.3 Å². The molecule has 3 rings (SSSR count). The maximum atomic E-state index is 12.0. The molecule has 130 valence electrons. The first-order valence-corrected chi connectivity index (χ1v) is 9.55. The second-order valence-electron chi connectivity index (χ2n) is 5.15. The summed E-state index contributed by atoms with van der Waals surface area (Å²) >= 11 is 2.85. The molecule has 2 heterocycles. The SMILES string of the molecule is CCOc1ccc2nc(NC(=O)CCNC(=O)c3ccsc3)sc2c1. The summed E-state index contributed by atoms with van der Waals surface area (Å²) in [4.78, 5) is 28.2. The van der Waals surface area contributed by atoms with E-state index in [-0.39, 0.29) is 24.8 Å². The zero-order valence-electron chi connectivity index (χ0n) is 13.6. The lowest BCUT2D eigenvalue weighted by Crippen LogP contribution is -2.27. The Kier molecular flexibility index (Phi) is 5.62. The van der Waals surface area contributed by atoms with Crippen LogP contribution in [0.2, 0.25) is 0 Å². The molecule has 0 unspecified atom stereocenters. The van der Waals surface area contributed by atoms with Gasteiger partial charge in [0.1, 0.15) is 5.75 Å². The Morgan fingerprint density at radius 2 is 2.16 bits per heavy atom. The number of fused-ring (bicyclic) bond motifs is 1. The average Bonchev–Trinajstić information content (AvgIpc) is 3.23. The van der Waals surface area contributed by atoms with Crippen LogP contribution < -0.4 is 15.4 Å². The van der Waals surface area contributed by atoms with Crippen molar-refractivity contribution >= 4 is 49.8 Å². The second-order valence-corrected chi connectivity index (χ2v) is 6.96. The maximum absolute atomic E-state index is 12.0. The molecule has 0 aliphatic carbocycles. The van der Waals surface area contributed by atoms with Crippen LogP contribution in [0, 0.1) is 0 Å². The summed E-state index contributed by atoms with van der Waals surface area (Å²) in [5.74, 6) is 0.430. The highest BCUT2D eigenvalue weighted by molar-refractivity contribution is 7.22. The van der Waals surface area contributed by atoms with E-state index < -0.39 is 0 Å². The van der Waals surface area contributed by atoms with Crippen LogP contribution in [-0.2, 0) is 4.79 Å². The number of amides is 2. The van der Waals surface area contributed by atoms with Crippen molar-refractivity contribution < 1.29 is 14.3 Å². The minimum Gasteiger partial charge on any atom is -0.494 e. The highest BCUT2D eigenvalue weighted by atomic mass is 32.1. The van der Waals surface area contributed by atoms with Gasteiger partial charge in [-0.15, -0.1) is 0 Å². The Balaban J connectivity index is 1.52. The second kappa shape index (κ2) is 8.09. The van der Waals surface area contributed by atoms with E-state index >= 15 is 0 Å².